The van der Waals surface area contributed by atoms with E-state index in [0.717, 1.165) is 49.1 Å². The number of carbonyl (C=O) groups excluding carboxylic acids is 1. The summed E-state index contributed by atoms with van der Waals surface area (Å²) in [4.78, 5) is 37.5. The molecule has 12 heteroatoms. The van der Waals surface area contributed by atoms with Crippen LogP contribution in [0.4, 0.5) is 13.2 Å². The molecule has 3 aromatic heterocycles. The average Bonchev–Trinajstić information content (AvgIpc) is 3.49. The van der Waals surface area contributed by atoms with Crippen molar-refractivity contribution in [3.05, 3.63) is 69.2 Å². The third kappa shape index (κ3) is 6.97. The van der Waals surface area contributed by atoms with Crippen molar-refractivity contribution in [2.24, 2.45) is 5.92 Å². The minimum absolute atomic E-state index is 0.0566. The Balaban J connectivity index is 1.58. The third-order valence-corrected chi connectivity index (χ3v) is 8.85. The van der Waals surface area contributed by atoms with Gasteiger partial charge in [-0.05, 0) is 83.1 Å². The summed E-state index contributed by atoms with van der Waals surface area (Å²) in [5.41, 5.74) is 1.68. The first kappa shape index (κ1) is 30.8. The Morgan fingerprint density at radius 3 is 2.60 bits per heavy atom. The van der Waals surface area contributed by atoms with Crippen LogP contribution in [0, 0.1) is 12.8 Å². The fraction of sp³-hybridized carbons (Fsp3) is 0.419. The van der Waals surface area contributed by atoms with Gasteiger partial charge in [0, 0.05) is 59.6 Å². The molecule has 4 aromatic rings. The number of halogens is 3. The normalized spacial score (nSPS) is 14.8. The number of likely N-dealkylation sites (tertiary alicyclic amines) is 1. The zero-order valence-electron chi connectivity index (χ0n) is 24.4. The minimum Gasteiger partial charge on any atom is -0.351 e. The van der Waals surface area contributed by atoms with Crippen molar-refractivity contribution in [2.75, 3.05) is 40.3 Å². The molecule has 1 fully saturated rings. The van der Waals surface area contributed by atoms with Crippen LogP contribution in [0.1, 0.15) is 41.0 Å². The number of nitrogens with one attached hydrogen (secondary N) is 2. The molecule has 0 aliphatic carbocycles. The van der Waals surface area contributed by atoms with E-state index in [1.165, 1.54) is 0 Å². The SMILES string of the molecule is CNCCNC(=O)c1cn(CCC2CCN(C)CC2)c2ccc(-c3cnc(C)cc3-c3nc(C(F)(F)F)cs3)cc2c1=O. The first-order valence-electron chi connectivity index (χ1n) is 14.3. The molecule has 8 nitrogen and oxygen atoms in total. The fourth-order valence-corrected chi connectivity index (χ4v) is 6.33. The van der Waals surface area contributed by atoms with E-state index in [-0.39, 0.29) is 10.6 Å². The molecule has 43 heavy (non-hydrogen) atoms. The van der Waals surface area contributed by atoms with Crippen LogP contribution in [0.2, 0.25) is 0 Å². The number of carbonyl (C=O) groups is 1. The molecule has 0 saturated carbocycles. The van der Waals surface area contributed by atoms with Gasteiger partial charge in [-0.3, -0.25) is 14.6 Å². The standard InChI is InChI=1S/C31H35F3N6O2S/c1-19-14-22(30-38-27(18-43-30)31(32,33)34)24(16-37-19)21-4-5-26-23(15-21)28(41)25(29(42)36-10-9-35-2)17-40(26)13-8-20-6-11-39(3)12-7-20/h4-5,14-18,20,35H,6-13H2,1-3H3,(H,36,42). The predicted molar refractivity (Wildman–Crippen MR) is 163 cm³/mol. The molecule has 1 aliphatic heterocycles. The van der Waals surface area contributed by atoms with Gasteiger partial charge in [0.1, 0.15) is 10.6 Å². The van der Waals surface area contributed by atoms with Gasteiger partial charge in [0.15, 0.2) is 5.69 Å². The van der Waals surface area contributed by atoms with Crippen molar-refractivity contribution < 1.29 is 18.0 Å². The van der Waals surface area contributed by atoms with Gasteiger partial charge in [-0.25, -0.2) is 4.98 Å². The second-order valence-corrected chi connectivity index (χ2v) is 12.0. The highest BCUT2D eigenvalue weighted by Gasteiger charge is 2.34. The Kier molecular flexibility index (Phi) is 9.28. The van der Waals surface area contributed by atoms with Crippen molar-refractivity contribution in [3.63, 3.8) is 0 Å². The lowest BCUT2D eigenvalue weighted by atomic mass is 9.93. The van der Waals surface area contributed by atoms with Crippen molar-refractivity contribution in [2.45, 2.75) is 38.9 Å². The molecule has 1 aliphatic rings. The Morgan fingerprint density at radius 2 is 1.91 bits per heavy atom. The first-order chi connectivity index (χ1) is 20.5. The number of alkyl halides is 3. The summed E-state index contributed by atoms with van der Waals surface area (Å²) in [5.74, 6) is 0.111. The molecule has 1 amide bonds. The molecule has 5 rings (SSSR count). The Labute approximate surface area is 252 Å². The number of hydrogen-bond acceptors (Lipinski definition) is 7. The van der Waals surface area contributed by atoms with E-state index in [1.807, 2.05) is 16.7 Å². The van der Waals surface area contributed by atoms with Crippen LogP contribution in [0.3, 0.4) is 0 Å². The number of piperidine rings is 1. The number of aryl methyl sites for hydroxylation is 2. The van der Waals surface area contributed by atoms with Crippen molar-refractivity contribution in [1.29, 1.82) is 0 Å². The van der Waals surface area contributed by atoms with Crippen LogP contribution in [0.15, 0.2) is 46.8 Å². The number of fused-ring (bicyclic) bond motifs is 1. The van der Waals surface area contributed by atoms with Gasteiger partial charge in [0.05, 0.1) is 5.52 Å². The summed E-state index contributed by atoms with van der Waals surface area (Å²) in [6.45, 7) is 5.44. The molecule has 228 valence electrons. The highest BCUT2D eigenvalue weighted by molar-refractivity contribution is 7.13. The van der Waals surface area contributed by atoms with Gasteiger partial charge >= 0.3 is 6.18 Å². The fourth-order valence-electron chi connectivity index (χ4n) is 5.47. The quantitative estimate of drug-likeness (QED) is 0.253. The topological polar surface area (TPSA) is 92.2 Å². The lowest BCUT2D eigenvalue weighted by Gasteiger charge is -2.29. The average molecular weight is 613 g/mol. The van der Waals surface area contributed by atoms with Gasteiger partial charge in [-0.15, -0.1) is 11.3 Å². The summed E-state index contributed by atoms with van der Waals surface area (Å²) in [6.07, 6.45) is 1.82. The number of aromatic nitrogens is 3. The summed E-state index contributed by atoms with van der Waals surface area (Å²) in [7, 11) is 3.91. The Morgan fingerprint density at radius 1 is 1.14 bits per heavy atom. The minimum atomic E-state index is -4.55. The van der Waals surface area contributed by atoms with Crippen LogP contribution in [0.5, 0.6) is 0 Å². The van der Waals surface area contributed by atoms with Crippen LogP contribution in [0.25, 0.3) is 32.6 Å². The number of hydrogen-bond donors (Lipinski definition) is 2. The molecule has 0 radical (unpaired) electrons. The Hall–Kier alpha value is -3.61. The largest absolute Gasteiger partial charge is 0.434 e. The number of likely N-dealkylation sites (N-methyl/N-ethyl adjacent to an activating group) is 1. The lowest BCUT2D eigenvalue weighted by molar-refractivity contribution is -0.140. The van der Waals surface area contributed by atoms with Gasteiger partial charge in [-0.2, -0.15) is 13.2 Å². The summed E-state index contributed by atoms with van der Waals surface area (Å²) >= 11 is 0.906. The highest BCUT2D eigenvalue weighted by atomic mass is 32.1. The van der Waals surface area contributed by atoms with Crippen LogP contribution in [-0.2, 0) is 12.7 Å². The van der Waals surface area contributed by atoms with Crippen molar-refractivity contribution in [3.8, 4) is 21.7 Å². The maximum Gasteiger partial charge on any atom is 0.434 e. The van der Waals surface area contributed by atoms with Crippen molar-refractivity contribution >= 4 is 28.1 Å². The van der Waals surface area contributed by atoms with E-state index in [2.05, 4.69) is 32.5 Å². The van der Waals surface area contributed by atoms with Crippen LogP contribution < -0.4 is 16.1 Å². The molecule has 2 N–H and O–H groups in total. The summed E-state index contributed by atoms with van der Waals surface area (Å²) in [6, 6.07) is 7.09. The second kappa shape index (κ2) is 12.9. The number of rotatable bonds is 9. The van der Waals surface area contributed by atoms with E-state index in [4.69, 9.17) is 0 Å². The molecular formula is C31H35F3N6O2S. The zero-order valence-corrected chi connectivity index (χ0v) is 25.2. The van der Waals surface area contributed by atoms with Crippen molar-refractivity contribution in [1.82, 2.24) is 30.1 Å². The van der Waals surface area contributed by atoms with Gasteiger partial charge in [-0.1, -0.05) is 6.07 Å². The molecule has 4 heterocycles. The molecule has 0 unspecified atom stereocenters. The predicted octanol–water partition coefficient (Wildman–Crippen LogP) is 5.20. The van der Waals surface area contributed by atoms with E-state index >= 15 is 0 Å². The molecule has 0 spiro atoms. The van der Waals surface area contributed by atoms with E-state index in [1.54, 1.807) is 38.5 Å². The maximum atomic E-state index is 13.8. The molecule has 0 atom stereocenters. The summed E-state index contributed by atoms with van der Waals surface area (Å²) in [5, 5.41) is 7.36. The third-order valence-electron chi connectivity index (χ3n) is 7.98. The van der Waals surface area contributed by atoms with Gasteiger partial charge in [0.25, 0.3) is 5.91 Å². The van der Waals surface area contributed by atoms with Crippen LogP contribution in [-0.4, -0.2) is 65.6 Å². The van der Waals surface area contributed by atoms with Gasteiger partial charge in [0.2, 0.25) is 5.43 Å². The van der Waals surface area contributed by atoms with E-state index < -0.39 is 23.2 Å². The second-order valence-electron chi connectivity index (χ2n) is 11.1. The lowest BCUT2D eigenvalue weighted by Crippen LogP contribution is -2.34. The first-order valence-corrected chi connectivity index (χ1v) is 15.2. The van der Waals surface area contributed by atoms with Crippen LogP contribution >= 0.6 is 11.3 Å². The molecule has 1 aromatic carbocycles. The maximum absolute atomic E-state index is 13.8. The van der Waals surface area contributed by atoms with E-state index in [0.29, 0.717) is 58.8 Å². The smallest absolute Gasteiger partial charge is 0.351 e. The monoisotopic (exact) mass is 612 g/mol. The number of thiazole rings is 1. The number of amides is 1. The Bertz CT molecular complexity index is 1670. The molecule has 1 saturated heterocycles. The highest BCUT2D eigenvalue weighted by Crippen LogP contribution is 2.38. The van der Waals surface area contributed by atoms with E-state index in [9.17, 15) is 22.8 Å². The van der Waals surface area contributed by atoms with Gasteiger partial charge < -0.3 is 20.1 Å². The number of nitrogens with zero attached hydrogens (tertiary/aromatic N) is 4. The summed E-state index contributed by atoms with van der Waals surface area (Å²) < 4.78 is 42.0. The molecular weight excluding hydrogens is 577 g/mol. The number of benzene rings is 1. The molecule has 0 bridgehead atoms. The zero-order chi connectivity index (χ0) is 30.7. The number of pyridine rings is 2.